The van der Waals surface area contributed by atoms with Crippen LogP contribution in [0.3, 0.4) is 0 Å². The van der Waals surface area contributed by atoms with Crippen molar-refractivity contribution in [2.45, 2.75) is 132 Å². The van der Waals surface area contributed by atoms with Crippen molar-refractivity contribution in [3.05, 3.63) is 0 Å². The van der Waals surface area contributed by atoms with E-state index in [-0.39, 0.29) is 22.7 Å². The minimum absolute atomic E-state index is 0.225. The zero-order valence-electron chi connectivity index (χ0n) is 21.3. The van der Waals surface area contributed by atoms with Gasteiger partial charge >= 0.3 is 11.9 Å². The molecule has 4 nitrogen and oxygen atoms in total. The summed E-state index contributed by atoms with van der Waals surface area (Å²) < 4.78 is 0. The molecule has 0 aliphatic rings. The molecular weight excluding hydrogens is 376 g/mol. The SMILES string of the molecule is CCCCCCCC(C(=O)OOC(=O)C(CCCCCCC)C(C)(C)C)C(C)(C)C. The number of carbonyl (C=O) groups excluding carboxylic acids is 2. The van der Waals surface area contributed by atoms with Gasteiger partial charge in [0.05, 0.1) is 11.8 Å². The van der Waals surface area contributed by atoms with Crippen LogP contribution in [0.15, 0.2) is 0 Å². The second-order valence-corrected chi connectivity index (χ2v) is 11.0. The van der Waals surface area contributed by atoms with Crippen LogP contribution in [-0.2, 0) is 19.4 Å². The lowest BCUT2D eigenvalue weighted by atomic mass is 9.77. The monoisotopic (exact) mass is 426 g/mol. The van der Waals surface area contributed by atoms with E-state index in [2.05, 4.69) is 13.8 Å². The summed E-state index contributed by atoms with van der Waals surface area (Å²) in [5.74, 6) is -1.37. The fourth-order valence-electron chi connectivity index (χ4n) is 3.91. The van der Waals surface area contributed by atoms with Crippen LogP contribution in [0.25, 0.3) is 0 Å². The predicted molar refractivity (Wildman–Crippen MR) is 125 cm³/mol. The van der Waals surface area contributed by atoms with E-state index in [1.54, 1.807) is 0 Å². The van der Waals surface area contributed by atoms with Crippen LogP contribution in [0.2, 0.25) is 0 Å². The lowest BCUT2D eigenvalue weighted by Crippen LogP contribution is -2.34. The zero-order chi connectivity index (χ0) is 23.2. The van der Waals surface area contributed by atoms with Crippen LogP contribution >= 0.6 is 0 Å². The topological polar surface area (TPSA) is 52.6 Å². The molecule has 0 bridgehead atoms. The first-order valence-electron chi connectivity index (χ1n) is 12.4. The molecule has 0 heterocycles. The minimum Gasteiger partial charge on any atom is -0.247 e. The molecule has 0 spiro atoms. The molecule has 0 rings (SSSR count). The van der Waals surface area contributed by atoms with Gasteiger partial charge in [-0.15, -0.1) is 0 Å². The highest BCUT2D eigenvalue weighted by Crippen LogP contribution is 2.34. The van der Waals surface area contributed by atoms with E-state index in [1.165, 1.54) is 38.5 Å². The zero-order valence-corrected chi connectivity index (χ0v) is 21.3. The number of hydrogen-bond acceptors (Lipinski definition) is 4. The summed E-state index contributed by atoms with van der Waals surface area (Å²) in [4.78, 5) is 35.6. The van der Waals surface area contributed by atoms with Gasteiger partial charge in [0.1, 0.15) is 0 Å². The van der Waals surface area contributed by atoms with Crippen LogP contribution < -0.4 is 0 Å². The predicted octanol–water partition coefficient (Wildman–Crippen LogP) is 8.03. The fourth-order valence-corrected chi connectivity index (χ4v) is 3.91. The Morgan fingerprint density at radius 1 is 0.567 bits per heavy atom. The average Bonchev–Trinajstić information content (AvgIpc) is 2.63. The first-order valence-corrected chi connectivity index (χ1v) is 12.4. The Balaban J connectivity index is 4.73. The summed E-state index contributed by atoms with van der Waals surface area (Å²) in [7, 11) is 0. The molecule has 0 aliphatic carbocycles. The van der Waals surface area contributed by atoms with Gasteiger partial charge in [0.25, 0.3) is 0 Å². The maximum atomic E-state index is 12.7. The Kier molecular flexibility index (Phi) is 14.3. The summed E-state index contributed by atoms with van der Waals surface area (Å²) >= 11 is 0. The Labute approximate surface area is 186 Å². The maximum absolute atomic E-state index is 12.7. The van der Waals surface area contributed by atoms with E-state index in [4.69, 9.17) is 9.78 Å². The molecule has 0 saturated carbocycles. The van der Waals surface area contributed by atoms with Gasteiger partial charge < -0.3 is 0 Å². The summed E-state index contributed by atoms with van der Waals surface area (Å²) in [6.07, 6.45) is 13.0. The molecule has 0 aromatic rings. The van der Waals surface area contributed by atoms with Crippen LogP contribution in [0, 0.1) is 22.7 Å². The van der Waals surface area contributed by atoms with E-state index in [9.17, 15) is 9.59 Å². The second kappa shape index (κ2) is 14.9. The molecule has 2 atom stereocenters. The molecule has 0 saturated heterocycles. The van der Waals surface area contributed by atoms with Crippen molar-refractivity contribution in [2.75, 3.05) is 0 Å². The van der Waals surface area contributed by atoms with Crippen molar-refractivity contribution in [1.82, 2.24) is 0 Å². The van der Waals surface area contributed by atoms with Gasteiger partial charge in [0.2, 0.25) is 0 Å². The minimum atomic E-state index is -0.415. The highest BCUT2D eigenvalue weighted by atomic mass is 17.2. The van der Waals surface area contributed by atoms with Gasteiger partial charge in [0.15, 0.2) is 0 Å². The first kappa shape index (κ1) is 28.9. The van der Waals surface area contributed by atoms with Crippen molar-refractivity contribution < 1.29 is 19.4 Å². The van der Waals surface area contributed by atoms with Crippen LogP contribution in [0.5, 0.6) is 0 Å². The largest absolute Gasteiger partial charge is 0.359 e. The second-order valence-electron chi connectivity index (χ2n) is 11.0. The van der Waals surface area contributed by atoms with Crippen LogP contribution in [0.1, 0.15) is 132 Å². The first-order chi connectivity index (χ1) is 13.9. The highest BCUT2D eigenvalue weighted by molar-refractivity contribution is 5.76. The Hall–Kier alpha value is -1.06. The quantitative estimate of drug-likeness (QED) is 0.160. The normalized spacial score (nSPS) is 14.3. The van der Waals surface area contributed by atoms with E-state index >= 15 is 0 Å². The number of hydrogen-bond donors (Lipinski definition) is 0. The number of unbranched alkanes of at least 4 members (excludes halogenated alkanes) is 8. The molecule has 0 aromatic heterocycles. The summed E-state index contributed by atoms with van der Waals surface area (Å²) in [5, 5.41) is 0. The molecule has 0 aliphatic heterocycles. The van der Waals surface area contributed by atoms with Crippen LogP contribution in [-0.4, -0.2) is 11.9 Å². The molecule has 0 aromatic carbocycles. The third-order valence-electron chi connectivity index (χ3n) is 6.06. The molecule has 178 valence electrons. The number of carbonyl (C=O) groups is 2. The van der Waals surface area contributed by atoms with Gasteiger partial charge in [0, 0.05) is 0 Å². The highest BCUT2D eigenvalue weighted by Gasteiger charge is 2.36. The third-order valence-corrected chi connectivity index (χ3v) is 6.06. The van der Waals surface area contributed by atoms with E-state index in [0.717, 1.165) is 38.5 Å². The molecular formula is C26H50O4. The van der Waals surface area contributed by atoms with Gasteiger partial charge in [-0.05, 0) is 23.7 Å². The van der Waals surface area contributed by atoms with E-state index < -0.39 is 11.9 Å². The summed E-state index contributed by atoms with van der Waals surface area (Å²) in [5.41, 5.74) is -0.450. The standard InChI is InChI=1S/C26H50O4/c1-9-11-13-15-17-19-21(25(3,4)5)23(27)29-30-24(28)22(26(6,7)8)20-18-16-14-12-10-2/h21-22H,9-20H2,1-8H3. The van der Waals surface area contributed by atoms with Crippen molar-refractivity contribution in [3.8, 4) is 0 Å². The summed E-state index contributed by atoms with van der Waals surface area (Å²) in [6.45, 7) is 16.6. The number of rotatable bonds is 14. The summed E-state index contributed by atoms with van der Waals surface area (Å²) in [6, 6.07) is 0. The fraction of sp³-hybridized carbons (Fsp3) is 0.923. The van der Waals surface area contributed by atoms with E-state index in [1.807, 2.05) is 41.5 Å². The molecule has 0 N–H and O–H groups in total. The lowest BCUT2D eigenvalue weighted by molar-refractivity contribution is -0.269. The van der Waals surface area contributed by atoms with Crippen molar-refractivity contribution in [3.63, 3.8) is 0 Å². The van der Waals surface area contributed by atoms with Gasteiger partial charge in [-0.1, -0.05) is 120 Å². The average molecular weight is 427 g/mol. The lowest BCUT2D eigenvalue weighted by Gasteiger charge is -2.30. The molecule has 0 amide bonds. The van der Waals surface area contributed by atoms with Crippen molar-refractivity contribution in [1.29, 1.82) is 0 Å². The van der Waals surface area contributed by atoms with Gasteiger partial charge in [-0.3, -0.25) is 0 Å². The molecule has 0 radical (unpaired) electrons. The van der Waals surface area contributed by atoms with Gasteiger partial charge in [-0.25, -0.2) is 19.4 Å². The van der Waals surface area contributed by atoms with Gasteiger partial charge in [-0.2, -0.15) is 0 Å². The molecule has 30 heavy (non-hydrogen) atoms. The molecule has 2 unspecified atom stereocenters. The molecule has 0 fully saturated rings. The van der Waals surface area contributed by atoms with Crippen molar-refractivity contribution in [2.24, 2.45) is 22.7 Å². The molecule has 4 heteroatoms. The van der Waals surface area contributed by atoms with Crippen molar-refractivity contribution >= 4 is 11.9 Å². The Morgan fingerprint density at radius 2 is 0.867 bits per heavy atom. The Morgan fingerprint density at radius 3 is 1.13 bits per heavy atom. The smallest absolute Gasteiger partial charge is 0.247 e. The van der Waals surface area contributed by atoms with Crippen LogP contribution in [0.4, 0.5) is 0 Å². The third kappa shape index (κ3) is 12.6. The Bertz CT molecular complexity index is 426. The van der Waals surface area contributed by atoms with E-state index in [0.29, 0.717) is 0 Å². The maximum Gasteiger partial charge on any atom is 0.359 e.